The number of hydrogen-bond acceptors (Lipinski definition) is 5. The van der Waals surface area contributed by atoms with Crippen LogP contribution >= 0.6 is 0 Å². The first kappa shape index (κ1) is 15.5. The Morgan fingerprint density at radius 2 is 2.05 bits per heavy atom. The molecule has 0 saturated carbocycles. The zero-order valence-corrected chi connectivity index (χ0v) is 11.6. The molecule has 0 unspecified atom stereocenters. The van der Waals surface area contributed by atoms with Crippen LogP contribution in [0.4, 0.5) is 5.69 Å². The summed E-state index contributed by atoms with van der Waals surface area (Å²) in [6, 6.07) is 6.80. The molecular weight excluding hydrogens is 268 g/mol. The summed E-state index contributed by atoms with van der Waals surface area (Å²) in [6.07, 6.45) is 0.351. The van der Waals surface area contributed by atoms with Crippen LogP contribution in [0.25, 0.3) is 0 Å². The summed E-state index contributed by atoms with van der Waals surface area (Å²) >= 11 is 0. The van der Waals surface area contributed by atoms with Crippen LogP contribution in [0, 0.1) is 0 Å². The number of para-hydroxylation sites is 2. The quantitative estimate of drug-likeness (QED) is 0.756. The summed E-state index contributed by atoms with van der Waals surface area (Å²) in [7, 11) is -1.94. The van der Waals surface area contributed by atoms with Gasteiger partial charge >= 0.3 is 0 Å². The summed E-state index contributed by atoms with van der Waals surface area (Å²) < 4.78 is 28.3. The summed E-state index contributed by atoms with van der Waals surface area (Å²) in [5, 5.41) is 2.52. The monoisotopic (exact) mass is 286 g/mol. The number of carbonyl (C=O) groups excluding carboxylic acids is 1. The highest BCUT2D eigenvalue weighted by Gasteiger charge is 2.17. The molecule has 3 N–H and O–H groups in total. The molecule has 0 radical (unpaired) electrons. The van der Waals surface area contributed by atoms with E-state index >= 15 is 0 Å². The molecule has 1 aromatic rings. The van der Waals surface area contributed by atoms with Gasteiger partial charge in [0, 0.05) is 0 Å². The van der Waals surface area contributed by atoms with Crippen molar-refractivity contribution in [1.82, 2.24) is 0 Å². The van der Waals surface area contributed by atoms with Gasteiger partial charge in [0.15, 0.2) is 9.84 Å². The first-order valence-corrected chi connectivity index (χ1v) is 7.64. The summed E-state index contributed by atoms with van der Waals surface area (Å²) in [6.45, 7) is 0.285. The van der Waals surface area contributed by atoms with E-state index in [-0.39, 0.29) is 12.3 Å². The van der Waals surface area contributed by atoms with Gasteiger partial charge in [-0.15, -0.1) is 0 Å². The first-order valence-electron chi connectivity index (χ1n) is 5.82. The van der Waals surface area contributed by atoms with Crippen LogP contribution in [0.1, 0.15) is 6.42 Å². The Hall–Kier alpha value is -1.60. The molecule has 0 bridgehead atoms. The number of ether oxygens (including phenoxy) is 1. The highest BCUT2D eigenvalue weighted by Crippen LogP contribution is 2.22. The van der Waals surface area contributed by atoms with Gasteiger partial charge < -0.3 is 15.8 Å². The van der Waals surface area contributed by atoms with Crippen LogP contribution in [0.2, 0.25) is 0 Å². The van der Waals surface area contributed by atoms with Crippen LogP contribution in [0.5, 0.6) is 5.75 Å². The van der Waals surface area contributed by atoms with Gasteiger partial charge in [0.1, 0.15) is 11.5 Å². The Bertz CT molecular complexity index is 528. The molecule has 6 nitrogen and oxygen atoms in total. The largest absolute Gasteiger partial charge is 0.495 e. The zero-order valence-electron chi connectivity index (χ0n) is 10.8. The lowest BCUT2D eigenvalue weighted by molar-refractivity contribution is -0.113. The minimum absolute atomic E-state index is 0.0805. The van der Waals surface area contributed by atoms with E-state index in [0.717, 1.165) is 0 Å². The number of nitrogens with two attached hydrogens (primary N) is 1. The van der Waals surface area contributed by atoms with Crippen LogP contribution in [-0.2, 0) is 14.6 Å². The minimum atomic E-state index is -3.42. The number of anilines is 1. The fraction of sp³-hybridized carbons (Fsp3) is 0.417. The van der Waals surface area contributed by atoms with Gasteiger partial charge in [-0.3, -0.25) is 4.79 Å². The normalized spacial score (nSPS) is 11.1. The second kappa shape index (κ2) is 7.10. The molecule has 0 aliphatic carbocycles. The van der Waals surface area contributed by atoms with Gasteiger partial charge in [0.25, 0.3) is 0 Å². The zero-order chi connectivity index (χ0) is 14.3. The lowest BCUT2D eigenvalue weighted by Crippen LogP contribution is -2.25. The number of carbonyl (C=O) groups is 1. The molecule has 7 heteroatoms. The van der Waals surface area contributed by atoms with E-state index in [0.29, 0.717) is 17.9 Å². The maximum atomic E-state index is 11.7. The van der Waals surface area contributed by atoms with Crippen molar-refractivity contribution in [1.29, 1.82) is 0 Å². The molecule has 0 fully saturated rings. The van der Waals surface area contributed by atoms with Crippen molar-refractivity contribution in [2.75, 3.05) is 30.5 Å². The molecule has 0 aliphatic heterocycles. The molecule has 1 aromatic carbocycles. The predicted octanol–water partition coefficient (Wildman–Crippen LogP) is 0.397. The van der Waals surface area contributed by atoms with E-state index in [1.54, 1.807) is 24.3 Å². The molecule has 0 heterocycles. The number of nitrogens with one attached hydrogen (secondary N) is 1. The maximum absolute atomic E-state index is 11.7. The Labute approximate surface area is 112 Å². The lowest BCUT2D eigenvalue weighted by Gasteiger charge is -2.09. The fourth-order valence-corrected chi connectivity index (χ4v) is 2.73. The smallest absolute Gasteiger partial charge is 0.239 e. The molecule has 0 aromatic heterocycles. The molecule has 0 atom stereocenters. The summed E-state index contributed by atoms with van der Waals surface area (Å²) in [5.41, 5.74) is 5.69. The highest BCUT2D eigenvalue weighted by molar-refractivity contribution is 7.92. The third-order valence-corrected chi connectivity index (χ3v) is 4.00. The Morgan fingerprint density at radius 3 is 2.68 bits per heavy atom. The van der Waals surface area contributed by atoms with Gasteiger partial charge in [-0.25, -0.2) is 8.42 Å². The summed E-state index contributed by atoms with van der Waals surface area (Å²) in [5.74, 6) is -0.731. The maximum Gasteiger partial charge on any atom is 0.239 e. The van der Waals surface area contributed by atoms with Crippen molar-refractivity contribution >= 4 is 21.4 Å². The number of rotatable bonds is 7. The van der Waals surface area contributed by atoms with Crippen molar-refractivity contribution in [3.8, 4) is 5.75 Å². The van der Waals surface area contributed by atoms with Gasteiger partial charge in [-0.1, -0.05) is 12.1 Å². The third kappa shape index (κ3) is 5.27. The molecular formula is C12H18N2O4S. The average molecular weight is 286 g/mol. The molecule has 0 aliphatic rings. The van der Waals surface area contributed by atoms with Crippen molar-refractivity contribution in [3.05, 3.63) is 24.3 Å². The Kier molecular flexibility index (Phi) is 5.78. The topological polar surface area (TPSA) is 98.5 Å². The standard InChI is InChI=1S/C12H18N2O4S/c1-18-11-6-3-2-5-10(11)14-12(15)9-19(16,17)8-4-7-13/h2-3,5-6H,4,7-9,13H2,1H3,(H,14,15). The van der Waals surface area contributed by atoms with Crippen molar-refractivity contribution in [3.63, 3.8) is 0 Å². The van der Waals surface area contributed by atoms with Crippen molar-refractivity contribution in [2.45, 2.75) is 6.42 Å². The highest BCUT2D eigenvalue weighted by atomic mass is 32.2. The fourth-order valence-electron chi connectivity index (χ4n) is 1.51. The number of amides is 1. The van der Waals surface area contributed by atoms with E-state index in [1.807, 2.05) is 0 Å². The Balaban J connectivity index is 2.65. The Morgan fingerprint density at radius 1 is 1.37 bits per heavy atom. The first-order chi connectivity index (χ1) is 8.98. The van der Waals surface area contributed by atoms with Crippen molar-refractivity contribution < 1.29 is 17.9 Å². The van der Waals surface area contributed by atoms with Gasteiger partial charge in [0.2, 0.25) is 5.91 Å². The van der Waals surface area contributed by atoms with Crippen LogP contribution < -0.4 is 15.8 Å². The van der Waals surface area contributed by atoms with Crippen LogP contribution in [0.3, 0.4) is 0 Å². The van der Waals surface area contributed by atoms with E-state index in [9.17, 15) is 13.2 Å². The summed E-state index contributed by atoms with van der Waals surface area (Å²) in [4.78, 5) is 11.7. The second-order valence-corrected chi connectivity index (χ2v) is 6.17. The number of sulfone groups is 1. The van der Waals surface area contributed by atoms with Crippen LogP contribution in [0.15, 0.2) is 24.3 Å². The number of methoxy groups -OCH3 is 1. The van der Waals surface area contributed by atoms with E-state index in [2.05, 4.69) is 5.32 Å². The predicted molar refractivity (Wildman–Crippen MR) is 73.9 cm³/mol. The van der Waals surface area contributed by atoms with E-state index in [1.165, 1.54) is 7.11 Å². The van der Waals surface area contributed by atoms with Crippen LogP contribution in [-0.4, -0.2) is 39.5 Å². The second-order valence-electron chi connectivity index (χ2n) is 3.98. The van der Waals surface area contributed by atoms with Gasteiger partial charge in [-0.2, -0.15) is 0 Å². The lowest BCUT2D eigenvalue weighted by atomic mass is 10.3. The SMILES string of the molecule is COc1ccccc1NC(=O)CS(=O)(=O)CCCN. The minimum Gasteiger partial charge on any atom is -0.495 e. The molecule has 106 valence electrons. The average Bonchev–Trinajstić information content (AvgIpc) is 2.36. The van der Waals surface area contributed by atoms with Gasteiger partial charge in [-0.05, 0) is 25.1 Å². The number of benzene rings is 1. The third-order valence-electron chi connectivity index (χ3n) is 2.39. The molecule has 1 rings (SSSR count). The van der Waals surface area contributed by atoms with Gasteiger partial charge in [0.05, 0.1) is 18.6 Å². The molecule has 0 saturated heterocycles. The molecule has 1 amide bonds. The van der Waals surface area contributed by atoms with Crippen molar-refractivity contribution in [2.24, 2.45) is 5.73 Å². The molecule has 0 spiro atoms. The number of hydrogen-bond donors (Lipinski definition) is 2. The molecule has 19 heavy (non-hydrogen) atoms. The van der Waals surface area contributed by atoms with E-state index in [4.69, 9.17) is 10.5 Å². The van der Waals surface area contributed by atoms with E-state index < -0.39 is 21.5 Å².